The summed E-state index contributed by atoms with van der Waals surface area (Å²) in [6, 6.07) is 5.38. The number of nitrogens with zero attached hydrogens (tertiary/aromatic N) is 1. The number of carbonyl (C=O) groups excluding carboxylic acids is 2. The van der Waals surface area contributed by atoms with Gasteiger partial charge in [0, 0.05) is 18.0 Å². The second-order valence-corrected chi connectivity index (χ2v) is 12.9. The van der Waals surface area contributed by atoms with Crippen LogP contribution in [0.5, 0.6) is 0 Å². The van der Waals surface area contributed by atoms with Gasteiger partial charge in [0.1, 0.15) is 11.7 Å². The van der Waals surface area contributed by atoms with Crippen LogP contribution in [0.3, 0.4) is 0 Å². The molecule has 10 heteroatoms. The lowest BCUT2D eigenvalue weighted by Crippen LogP contribution is -2.44. The van der Waals surface area contributed by atoms with Gasteiger partial charge in [0.2, 0.25) is 0 Å². The molecule has 1 saturated heterocycles. The van der Waals surface area contributed by atoms with Crippen molar-refractivity contribution in [3.63, 3.8) is 0 Å². The molecule has 1 aromatic rings. The monoisotopic (exact) mass is 628 g/mol. The van der Waals surface area contributed by atoms with Gasteiger partial charge in [0.05, 0.1) is 43.1 Å². The molecule has 0 radical (unpaired) electrons. The van der Waals surface area contributed by atoms with Crippen molar-refractivity contribution in [3.05, 3.63) is 66.0 Å². The lowest BCUT2D eigenvalue weighted by Gasteiger charge is -2.32. The zero-order chi connectivity index (χ0) is 33.1. The Labute approximate surface area is 267 Å². The first kappa shape index (κ1) is 36.4. The summed E-state index contributed by atoms with van der Waals surface area (Å²) in [7, 11) is 0. The van der Waals surface area contributed by atoms with Crippen LogP contribution in [-0.4, -0.2) is 74.6 Å². The first-order valence-corrected chi connectivity index (χ1v) is 16.1. The highest BCUT2D eigenvalue weighted by atomic mass is 16.6. The van der Waals surface area contributed by atoms with Gasteiger partial charge >= 0.3 is 12.1 Å². The number of aliphatic hydroxyl groups excluding tert-OH is 2. The van der Waals surface area contributed by atoms with Crippen LogP contribution in [0.25, 0.3) is 0 Å². The van der Waals surface area contributed by atoms with Gasteiger partial charge in [-0.05, 0) is 69.2 Å². The number of aromatic nitrogens is 1. The van der Waals surface area contributed by atoms with Crippen molar-refractivity contribution in [2.75, 3.05) is 0 Å². The van der Waals surface area contributed by atoms with Gasteiger partial charge in [-0.25, -0.2) is 4.79 Å². The number of amides is 1. The second kappa shape index (κ2) is 17.0. The van der Waals surface area contributed by atoms with Crippen LogP contribution in [0.15, 0.2) is 60.3 Å². The van der Waals surface area contributed by atoms with Gasteiger partial charge < -0.3 is 34.8 Å². The summed E-state index contributed by atoms with van der Waals surface area (Å²) in [4.78, 5) is 29.6. The number of hydrogen-bond donors (Lipinski definition) is 4. The van der Waals surface area contributed by atoms with Crippen LogP contribution in [0.4, 0.5) is 4.79 Å². The summed E-state index contributed by atoms with van der Waals surface area (Å²) in [5, 5.41) is 34.6. The Morgan fingerprint density at radius 2 is 2.04 bits per heavy atom. The molecule has 2 aliphatic heterocycles. The quantitative estimate of drug-likeness (QED) is 0.117. The number of epoxide rings is 1. The van der Waals surface area contributed by atoms with E-state index < -0.39 is 36.0 Å². The fraction of sp³-hybridized carbons (Fsp3) is 0.629. The van der Waals surface area contributed by atoms with Gasteiger partial charge in [-0.15, -0.1) is 0 Å². The lowest BCUT2D eigenvalue weighted by molar-refractivity contribution is -0.151. The third kappa shape index (κ3) is 11.7. The molecule has 10 unspecified atom stereocenters. The molecule has 0 aliphatic carbocycles. The lowest BCUT2D eigenvalue weighted by atomic mass is 9.88. The van der Waals surface area contributed by atoms with Gasteiger partial charge in [0.25, 0.3) is 0 Å². The van der Waals surface area contributed by atoms with E-state index >= 15 is 0 Å². The van der Waals surface area contributed by atoms with E-state index in [2.05, 4.69) is 23.3 Å². The Hall–Kier alpha value is -3.05. The number of carbonyl (C=O) groups is 2. The van der Waals surface area contributed by atoms with Crippen molar-refractivity contribution < 1.29 is 39.1 Å². The molecule has 0 aromatic carbocycles. The predicted octanol–water partition coefficient (Wildman–Crippen LogP) is 4.78. The number of alkyl carbamates (subject to hydrolysis) is 1. The van der Waals surface area contributed by atoms with Crippen molar-refractivity contribution in [2.24, 2.45) is 17.8 Å². The molecular weight excluding hydrogens is 576 g/mol. The third-order valence-corrected chi connectivity index (χ3v) is 8.72. The summed E-state index contributed by atoms with van der Waals surface area (Å²) in [6.45, 7) is 11.6. The largest absolute Gasteiger partial charge is 0.457 e. The molecule has 3 rings (SSSR count). The molecule has 0 bridgehead atoms. The van der Waals surface area contributed by atoms with Crippen molar-refractivity contribution in [2.45, 2.75) is 122 Å². The molecule has 3 heterocycles. The minimum absolute atomic E-state index is 0.0900. The van der Waals surface area contributed by atoms with Crippen LogP contribution in [0, 0.1) is 17.8 Å². The summed E-state index contributed by atoms with van der Waals surface area (Å²) in [6.07, 6.45) is 8.97. The molecule has 45 heavy (non-hydrogen) atoms. The van der Waals surface area contributed by atoms with E-state index in [-0.39, 0.29) is 61.9 Å². The van der Waals surface area contributed by atoms with E-state index in [1.165, 1.54) is 0 Å². The Balaban J connectivity index is 1.69. The topological polar surface area (TPSA) is 151 Å². The van der Waals surface area contributed by atoms with Crippen LogP contribution < -0.4 is 5.32 Å². The molecule has 0 saturated carbocycles. The normalized spacial score (nSPS) is 32.4. The van der Waals surface area contributed by atoms with Crippen molar-refractivity contribution in [1.82, 2.24) is 10.3 Å². The average molecular weight is 629 g/mol. The smallest absolute Gasteiger partial charge is 0.408 e. The first-order valence-electron chi connectivity index (χ1n) is 16.1. The molecule has 2 aliphatic rings. The Bertz CT molecular complexity index is 1180. The summed E-state index contributed by atoms with van der Waals surface area (Å²) in [5.74, 6) is -0.514. The highest BCUT2D eigenvalue weighted by Crippen LogP contribution is 2.36. The number of hydrogen-bond acceptors (Lipinski definition) is 9. The number of pyridine rings is 1. The minimum Gasteiger partial charge on any atom is -0.457 e. The Kier molecular flexibility index (Phi) is 13.8. The van der Waals surface area contributed by atoms with Crippen LogP contribution in [0.2, 0.25) is 0 Å². The van der Waals surface area contributed by atoms with Crippen molar-refractivity contribution >= 4 is 12.1 Å². The molecule has 1 aromatic heterocycles. The molecule has 250 valence electrons. The maximum Gasteiger partial charge on any atom is 0.408 e. The maximum atomic E-state index is 12.8. The molecule has 0 spiro atoms. The van der Waals surface area contributed by atoms with Gasteiger partial charge in [-0.3, -0.25) is 9.78 Å². The number of nitrogens with one attached hydrogen (secondary N) is 1. The Morgan fingerprint density at radius 3 is 2.73 bits per heavy atom. The SMILES string of the molecule is CCC(O)C(C)C1OC1CC(C)/C=C/C=C(\C)C1OC(=O)CC(O)CCC(C)(O)C(OC(=O)NCc2ccccn2)/C=C/C1C. The number of rotatable bonds is 11. The molecule has 4 N–H and O–H groups in total. The molecular formula is C35H52N2O8. The van der Waals surface area contributed by atoms with E-state index in [1.807, 2.05) is 45.9 Å². The van der Waals surface area contributed by atoms with Gasteiger partial charge in [-0.1, -0.05) is 58.1 Å². The number of allylic oxidation sites excluding steroid dienone is 3. The van der Waals surface area contributed by atoms with Crippen LogP contribution in [-0.2, 0) is 25.5 Å². The number of aliphatic hydroxyl groups is 3. The highest BCUT2D eigenvalue weighted by molar-refractivity contribution is 5.70. The van der Waals surface area contributed by atoms with E-state index in [0.29, 0.717) is 12.1 Å². The van der Waals surface area contributed by atoms with E-state index in [9.17, 15) is 24.9 Å². The summed E-state index contributed by atoms with van der Waals surface area (Å²) >= 11 is 0. The van der Waals surface area contributed by atoms with E-state index in [1.54, 1.807) is 37.4 Å². The first-order chi connectivity index (χ1) is 21.3. The highest BCUT2D eigenvalue weighted by Gasteiger charge is 2.45. The average Bonchev–Trinajstić information content (AvgIpc) is 3.77. The molecule has 1 amide bonds. The van der Waals surface area contributed by atoms with Crippen LogP contribution in [0.1, 0.15) is 79.3 Å². The summed E-state index contributed by atoms with van der Waals surface area (Å²) < 4.78 is 17.3. The minimum atomic E-state index is -1.50. The molecule has 10 nitrogen and oxygen atoms in total. The molecule has 10 atom stereocenters. The maximum absolute atomic E-state index is 12.8. The molecule has 1 fully saturated rings. The number of cyclic esters (lactones) is 1. The van der Waals surface area contributed by atoms with Crippen LogP contribution >= 0.6 is 0 Å². The standard InChI is InChI=1S/C35H52N2O8/c1-7-28(39)25(5)33-29(43-33)19-22(2)11-10-12-23(3)32-24(4)14-15-30(35(6,42)17-16-27(38)20-31(40)45-32)44-34(41)37-21-26-13-8-9-18-36-26/h8-15,18,22,24-25,27-30,32-33,38-39,42H,7,16-17,19-21H2,1-6H3,(H,37,41)/b11-10+,15-14+,23-12+. The summed E-state index contributed by atoms with van der Waals surface area (Å²) in [5.41, 5.74) is -0.0411. The number of ether oxygens (including phenoxy) is 3. The number of esters is 1. The van der Waals surface area contributed by atoms with E-state index in [4.69, 9.17) is 14.2 Å². The zero-order valence-corrected chi connectivity index (χ0v) is 27.5. The van der Waals surface area contributed by atoms with Crippen molar-refractivity contribution in [3.8, 4) is 0 Å². The van der Waals surface area contributed by atoms with Gasteiger partial charge in [0.15, 0.2) is 6.10 Å². The van der Waals surface area contributed by atoms with Gasteiger partial charge in [-0.2, -0.15) is 0 Å². The fourth-order valence-electron chi connectivity index (χ4n) is 5.61. The third-order valence-electron chi connectivity index (χ3n) is 8.72. The van der Waals surface area contributed by atoms with E-state index in [0.717, 1.165) is 12.0 Å². The predicted molar refractivity (Wildman–Crippen MR) is 171 cm³/mol. The fourth-order valence-corrected chi connectivity index (χ4v) is 5.61. The van der Waals surface area contributed by atoms with Crippen molar-refractivity contribution in [1.29, 1.82) is 0 Å². The second-order valence-electron chi connectivity index (χ2n) is 12.9. The Morgan fingerprint density at radius 1 is 1.29 bits per heavy atom. The zero-order valence-electron chi connectivity index (χ0n) is 27.5.